The molecule has 2 unspecified atom stereocenters. The zero-order chi connectivity index (χ0) is 19.9. The third-order valence-corrected chi connectivity index (χ3v) is 21.9. The summed E-state index contributed by atoms with van der Waals surface area (Å²) in [5, 5.41) is 2.11. The van der Waals surface area contributed by atoms with E-state index in [2.05, 4.69) is 87.1 Å². The molecule has 0 saturated heterocycles. The minimum absolute atomic E-state index is 0. The Hall–Kier alpha value is 0.501. The van der Waals surface area contributed by atoms with Gasteiger partial charge >= 0.3 is 172 Å². The predicted octanol–water partition coefficient (Wildman–Crippen LogP) is 8.00. The molecule has 5 heteroatoms. The molecule has 0 radical (unpaired) electrons. The monoisotopic (exact) mass is 510 g/mol. The first-order valence-electron chi connectivity index (χ1n) is 10.3. The first-order chi connectivity index (χ1) is 12.0. The number of aryl methyl sites for hydroxylation is 2. The molecule has 1 aromatic rings. The summed E-state index contributed by atoms with van der Waals surface area (Å²) in [7, 11) is 0. The van der Waals surface area contributed by atoms with Crippen molar-refractivity contribution in [2.45, 2.75) is 86.7 Å². The fourth-order valence-electron chi connectivity index (χ4n) is 3.99. The number of hydrogen-bond acceptors (Lipinski definition) is 0. The van der Waals surface area contributed by atoms with Crippen molar-refractivity contribution in [2.24, 2.45) is 5.92 Å². The average molecular weight is 512 g/mol. The molecule has 2 rings (SSSR count). The molecule has 29 heavy (non-hydrogen) atoms. The molecular weight excluding hydrogens is 471 g/mol. The van der Waals surface area contributed by atoms with Crippen molar-refractivity contribution in [1.29, 1.82) is 0 Å². The van der Waals surface area contributed by atoms with Crippen molar-refractivity contribution in [3.63, 3.8) is 0 Å². The molecule has 1 aliphatic carbocycles. The summed E-state index contributed by atoms with van der Waals surface area (Å²) in [5.41, 5.74) is 7.87. The van der Waals surface area contributed by atoms with Gasteiger partial charge in [0, 0.05) is 0 Å². The zero-order valence-corrected chi connectivity index (χ0v) is 25.0. The van der Waals surface area contributed by atoms with Crippen LogP contribution >= 0.6 is 37.2 Å². The Kier molecular flexibility index (Phi) is 13.0. The summed E-state index contributed by atoms with van der Waals surface area (Å²) in [6.45, 7) is 24.3. The third-order valence-electron chi connectivity index (χ3n) is 6.97. The Morgan fingerprint density at radius 1 is 0.862 bits per heavy atom. The molecule has 1 aromatic carbocycles. The summed E-state index contributed by atoms with van der Waals surface area (Å²) in [4.78, 5) is 0. The summed E-state index contributed by atoms with van der Waals surface area (Å²) in [6.07, 6.45) is 2.29. The second kappa shape index (κ2) is 11.9. The van der Waals surface area contributed by atoms with Crippen LogP contribution in [0.5, 0.6) is 0 Å². The summed E-state index contributed by atoms with van der Waals surface area (Å²) < 4.78 is 1.84. The van der Waals surface area contributed by atoms with E-state index in [4.69, 9.17) is 0 Å². The van der Waals surface area contributed by atoms with Crippen molar-refractivity contribution in [3.05, 3.63) is 49.9 Å². The van der Waals surface area contributed by atoms with E-state index < -0.39 is 5.94 Å². The van der Waals surface area contributed by atoms with Crippen LogP contribution in [0, 0.1) is 5.92 Å². The predicted molar refractivity (Wildman–Crippen MR) is 138 cm³/mol. The van der Waals surface area contributed by atoms with Gasteiger partial charge in [-0.3, -0.25) is 0 Å². The van der Waals surface area contributed by atoms with E-state index in [-0.39, 0.29) is 55.6 Å². The minimum atomic E-state index is -1.59. The van der Waals surface area contributed by atoms with Gasteiger partial charge in [0.2, 0.25) is 0 Å². The van der Waals surface area contributed by atoms with Crippen molar-refractivity contribution >= 4 is 48.3 Å². The van der Waals surface area contributed by atoms with Crippen molar-refractivity contribution in [1.82, 2.24) is 0 Å². The topological polar surface area (TPSA) is 0 Å². The van der Waals surface area contributed by atoms with Gasteiger partial charge in [0.05, 0.1) is 0 Å². The van der Waals surface area contributed by atoms with Gasteiger partial charge in [0.1, 0.15) is 0 Å². The Bertz CT molecular complexity index is 740. The van der Waals surface area contributed by atoms with Crippen LogP contribution in [0.3, 0.4) is 0 Å². The molecule has 1 aliphatic rings. The summed E-state index contributed by atoms with van der Waals surface area (Å²) >= 11 is -0.165. The van der Waals surface area contributed by atoms with Crippen molar-refractivity contribution < 1.29 is 18.4 Å². The van der Waals surface area contributed by atoms with Crippen LogP contribution in [0.15, 0.2) is 38.8 Å². The van der Waals surface area contributed by atoms with Crippen LogP contribution in [0.2, 0.25) is 11.6 Å². The standard InChI is InChI=1S/C15H25Si.C9H13.3ClH.Ti/c1-7-12-9-13(8-2)11-14(10-12)16(6)15(3,4)5;1-6-5-7(2)9(4)8(6)3;;;;/h9-11H,7-8H2,1-6H3;6H,1-4H3;3*1H;. The van der Waals surface area contributed by atoms with Gasteiger partial charge in [0.25, 0.3) is 0 Å². The van der Waals surface area contributed by atoms with Gasteiger partial charge in [-0.25, -0.2) is 0 Å². The largest absolute Gasteiger partial charge is 0.147 e. The second-order valence-electron chi connectivity index (χ2n) is 9.31. The summed E-state index contributed by atoms with van der Waals surface area (Å²) in [5.74, 6) is -0.919. The van der Waals surface area contributed by atoms with Gasteiger partial charge in [-0.05, 0) is 0 Å². The zero-order valence-electron chi connectivity index (χ0n) is 19.9. The smallest absolute Gasteiger partial charge is 0.147 e. The summed E-state index contributed by atoms with van der Waals surface area (Å²) in [6, 6.07) is 7.57. The Labute approximate surface area is 208 Å². The molecule has 166 valence electrons. The van der Waals surface area contributed by atoms with Crippen LogP contribution in [0.4, 0.5) is 0 Å². The molecule has 0 nitrogen and oxygen atoms in total. The van der Waals surface area contributed by atoms with E-state index in [1.165, 1.54) is 11.1 Å². The van der Waals surface area contributed by atoms with E-state index in [9.17, 15) is 0 Å². The van der Waals surface area contributed by atoms with Gasteiger partial charge in [-0.2, -0.15) is 0 Å². The van der Waals surface area contributed by atoms with Crippen LogP contribution in [0.1, 0.15) is 73.4 Å². The maximum atomic E-state index is 2.69. The maximum Gasteiger partial charge on any atom is -0.147 e. The number of rotatable bonds is 5. The SMILES string of the molecule is CCc1cc(CC)cc([Si](C)([Ti][C]2=C(C)C(C)=C(C)C2C)C(C)(C)C)c1.Cl.Cl.Cl. The maximum absolute atomic E-state index is 2.69. The molecule has 0 aromatic heterocycles. The van der Waals surface area contributed by atoms with E-state index in [0.29, 0.717) is 11.0 Å². The normalized spacial score (nSPS) is 18.5. The van der Waals surface area contributed by atoms with E-state index in [1.54, 1.807) is 21.9 Å². The third kappa shape index (κ3) is 6.27. The van der Waals surface area contributed by atoms with Crippen molar-refractivity contribution in [3.8, 4) is 0 Å². The Morgan fingerprint density at radius 3 is 1.62 bits per heavy atom. The number of allylic oxidation sites excluding steroid dienone is 4. The Morgan fingerprint density at radius 2 is 1.31 bits per heavy atom. The molecule has 0 spiro atoms. The second-order valence-corrected chi connectivity index (χ2v) is 20.6. The molecule has 2 atom stereocenters. The van der Waals surface area contributed by atoms with E-state index in [1.807, 2.05) is 3.88 Å². The van der Waals surface area contributed by atoms with Crippen molar-refractivity contribution in [2.75, 3.05) is 0 Å². The van der Waals surface area contributed by atoms with Crippen LogP contribution in [-0.2, 0) is 31.2 Å². The fourth-order valence-corrected chi connectivity index (χ4v) is 15.4. The fraction of sp³-hybridized carbons (Fsp3) is 0.583. The van der Waals surface area contributed by atoms with Gasteiger partial charge in [0.15, 0.2) is 0 Å². The van der Waals surface area contributed by atoms with E-state index >= 15 is 0 Å². The van der Waals surface area contributed by atoms with Crippen LogP contribution in [0.25, 0.3) is 0 Å². The van der Waals surface area contributed by atoms with E-state index in [0.717, 1.165) is 12.8 Å². The number of benzene rings is 1. The first-order valence-corrected chi connectivity index (χ1v) is 15.9. The quantitative estimate of drug-likeness (QED) is 0.351. The van der Waals surface area contributed by atoms with Gasteiger partial charge < -0.3 is 0 Å². The molecule has 0 heterocycles. The molecule has 0 bridgehead atoms. The van der Waals surface area contributed by atoms with Crippen LogP contribution < -0.4 is 5.19 Å². The van der Waals surface area contributed by atoms with Crippen LogP contribution in [-0.4, -0.2) is 5.94 Å². The molecule has 0 fully saturated rings. The van der Waals surface area contributed by atoms with Gasteiger partial charge in [-0.1, -0.05) is 0 Å². The molecule has 0 N–H and O–H groups in total. The Balaban J connectivity index is 0. The number of halogens is 3. The molecule has 0 aliphatic heterocycles. The minimum Gasteiger partial charge on any atom is -0.147 e. The molecular formula is C24H41Cl3SiTi. The van der Waals surface area contributed by atoms with Gasteiger partial charge in [-0.15, -0.1) is 37.2 Å². The number of hydrogen-bond donors (Lipinski definition) is 0. The molecule has 0 saturated carbocycles. The molecule has 0 amide bonds. The first kappa shape index (κ1) is 31.7. The average Bonchev–Trinajstić information content (AvgIpc) is 2.77.